The van der Waals surface area contributed by atoms with Crippen molar-refractivity contribution in [3.63, 3.8) is 0 Å². The van der Waals surface area contributed by atoms with Crippen LogP contribution >= 0.6 is 0 Å². The van der Waals surface area contributed by atoms with Crippen LogP contribution in [0, 0.1) is 25.9 Å². The van der Waals surface area contributed by atoms with E-state index in [2.05, 4.69) is 111 Å². The summed E-state index contributed by atoms with van der Waals surface area (Å²) in [6.45, 7) is 9.03. The number of aromatic nitrogens is 4. The van der Waals surface area contributed by atoms with Crippen LogP contribution in [0.4, 0.5) is 0 Å². The Morgan fingerprint density at radius 1 is 0.709 bits per heavy atom. The topological polar surface area (TPSA) is 56.7 Å². The van der Waals surface area contributed by atoms with Crippen LogP contribution < -0.4 is 0 Å². The molecule has 1 radical (unpaired) electrons. The van der Waals surface area contributed by atoms with E-state index in [0.29, 0.717) is 11.8 Å². The van der Waals surface area contributed by atoms with Crippen LogP contribution in [-0.4, -0.2) is 19.5 Å². The zero-order valence-electron chi connectivity index (χ0n) is 34.4. The Kier molecular flexibility index (Phi) is 9.83. The normalized spacial score (nSPS) is 12.3. The number of hydrogen-bond donors (Lipinski definition) is 0. The minimum Gasteiger partial charge on any atom is -0.501 e. The summed E-state index contributed by atoms with van der Waals surface area (Å²) < 4.78 is 30.5. The van der Waals surface area contributed by atoms with Crippen LogP contribution in [0.2, 0.25) is 0 Å². The second-order valence-corrected chi connectivity index (χ2v) is 14.1. The molecule has 0 aliphatic carbocycles. The second-order valence-electron chi connectivity index (χ2n) is 14.1. The molecule has 0 fully saturated rings. The van der Waals surface area contributed by atoms with E-state index in [1.54, 1.807) is 18.2 Å². The van der Waals surface area contributed by atoms with Crippen molar-refractivity contribution >= 4 is 33.0 Å². The predicted octanol–water partition coefficient (Wildman–Crippen LogP) is 12.9. The van der Waals surface area contributed by atoms with Gasteiger partial charge in [-0.25, -0.2) is 0 Å². The molecular weight excluding hydrogens is 853 g/mol. The van der Waals surface area contributed by atoms with Gasteiger partial charge in [0, 0.05) is 47.1 Å². The summed E-state index contributed by atoms with van der Waals surface area (Å²) in [6, 6.07) is 48.7. The quantitative estimate of drug-likeness (QED) is 0.156. The fourth-order valence-corrected chi connectivity index (χ4v) is 7.16. The third kappa shape index (κ3) is 7.28. The van der Waals surface area contributed by atoms with Gasteiger partial charge in [-0.15, -0.1) is 54.1 Å². The Balaban J connectivity index is 0.000000254. The molecule has 55 heavy (non-hydrogen) atoms. The molecular formula is C49H42IrN4O-2. The minimum atomic E-state index is -2.09. The van der Waals surface area contributed by atoms with Gasteiger partial charge in [0.25, 0.3) is 0 Å². The Labute approximate surface area is 340 Å². The van der Waals surface area contributed by atoms with Gasteiger partial charge in [-0.05, 0) is 60.1 Å². The van der Waals surface area contributed by atoms with Crippen LogP contribution in [0.25, 0.3) is 72.6 Å². The molecule has 0 unspecified atom stereocenters. The summed E-state index contributed by atoms with van der Waals surface area (Å²) in [7, 11) is 0. The zero-order chi connectivity index (χ0) is 39.8. The molecule has 0 aliphatic rings. The first-order chi connectivity index (χ1) is 27.5. The fraction of sp³-hybridized carbons (Fsp3) is 0.163. The Hall–Kier alpha value is -5.68. The maximum atomic E-state index is 7.23. The minimum absolute atomic E-state index is 0. The van der Waals surface area contributed by atoms with Crippen molar-refractivity contribution in [3.05, 3.63) is 168 Å². The summed E-state index contributed by atoms with van der Waals surface area (Å²) in [5.74, 6) is 1.45. The molecule has 0 spiro atoms. The van der Waals surface area contributed by atoms with E-state index in [9.17, 15) is 0 Å². The zero-order valence-corrected chi connectivity index (χ0v) is 33.8. The van der Waals surface area contributed by atoms with E-state index in [4.69, 9.17) is 18.5 Å². The summed E-state index contributed by atoms with van der Waals surface area (Å²) in [4.78, 5) is 14.6. The summed E-state index contributed by atoms with van der Waals surface area (Å²) in [5.41, 5.74) is 12.9. The van der Waals surface area contributed by atoms with Crippen LogP contribution in [0.1, 0.15) is 66.0 Å². The number of fused-ring (bicyclic) bond motifs is 4. The molecule has 9 rings (SSSR count). The van der Waals surface area contributed by atoms with E-state index in [1.165, 1.54) is 23.0 Å². The Morgan fingerprint density at radius 2 is 1.45 bits per heavy atom. The van der Waals surface area contributed by atoms with Gasteiger partial charge in [0.15, 0.2) is 0 Å². The first-order valence-electron chi connectivity index (χ1n) is 19.8. The molecule has 0 saturated carbocycles. The van der Waals surface area contributed by atoms with Gasteiger partial charge in [-0.2, -0.15) is 0 Å². The monoisotopic (exact) mass is 898 g/mol. The van der Waals surface area contributed by atoms with E-state index >= 15 is 0 Å². The average molecular weight is 898 g/mol. The average Bonchev–Trinajstić information content (AvgIpc) is 3.80. The van der Waals surface area contributed by atoms with Crippen LogP contribution in [0.5, 0.6) is 0 Å². The Bertz CT molecular complexity index is 2820. The summed E-state index contributed by atoms with van der Waals surface area (Å²) in [5, 5.41) is 2.16. The molecule has 275 valence electrons. The van der Waals surface area contributed by atoms with E-state index in [0.717, 1.165) is 72.6 Å². The molecule has 0 bridgehead atoms. The standard InChI is InChI=1S/C37H32N3O.C12H10N.Ir/c1-22(2)26-16-11-17-27(23(3)4)35(26)40-34-24(5)38-31(25-13-7-6-8-14-25)21-32(34)39-37(40)30-19-12-18-29-28-15-9-10-20-33(28)41-36(29)30;1-10-7-8-12(13-9-10)11-5-3-2-4-6-11;/h6-18,20-23H,1-5H3;2-5,7-9H,1H3;/q2*-1;/i;1D3;. The van der Waals surface area contributed by atoms with Crippen molar-refractivity contribution in [2.24, 2.45) is 0 Å². The number of furan rings is 1. The van der Waals surface area contributed by atoms with Crippen LogP contribution in [-0.2, 0) is 20.1 Å². The van der Waals surface area contributed by atoms with E-state index < -0.39 is 6.85 Å². The van der Waals surface area contributed by atoms with Crippen LogP contribution in [0.15, 0.2) is 138 Å². The number of para-hydroxylation sites is 2. The molecule has 0 amide bonds. The molecule has 9 aromatic rings. The van der Waals surface area contributed by atoms with Crippen molar-refractivity contribution in [3.8, 4) is 39.6 Å². The van der Waals surface area contributed by atoms with Gasteiger partial charge in [0.2, 0.25) is 0 Å². The molecule has 0 atom stereocenters. The van der Waals surface area contributed by atoms with Gasteiger partial charge in [0.05, 0.1) is 33.8 Å². The van der Waals surface area contributed by atoms with Gasteiger partial charge in [0.1, 0.15) is 5.58 Å². The molecule has 0 aliphatic heterocycles. The molecule has 5 aromatic carbocycles. The van der Waals surface area contributed by atoms with Crippen molar-refractivity contribution in [2.45, 2.75) is 53.3 Å². The smallest absolute Gasteiger partial charge is 0.120 e. The van der Waals surface area contributed by atoms with Gasteiger partial charge < -0.3 is 14.0 Å². The summed E-state index contributed by atoms with van der Waals surface area (Å²) >= 11 is 0. The van der Waals surface area contributed by atoms with Crippen LogP contribution in [0.3, 0.4) is 0 Å². The van der Waals surface area contributed by atoms with Crippen molar-refractivity contribution in [2.75, 3.05) is 0 Å². The SMILES string of the molecule is Cc1nc(-c2ccccc2)cc2nc(-c3[c-]ccc4c3oc3ccccc34)n(-c3c(C(C)C)cccc3C(C)C)c12.[2H]C([2H])([2H])c1ccc(-c2[c-]cccc2)nc1.[Ir]. The van der Waals surface area contributed by atoms with E-state index in [1.807, 2.05) is 54.6 Å². The number of nitrogens with zero attached hydrogens (tertiary/aromatic N) is 4. The van der Waals surface area contributed by atoms with Gasteiger partial charge in [-0.3, -0.25) is 9.97 Å². The number of benzene rings is 5. The first kappa shape index (κ1) is 33.9. The van der Waals surface area contributed by atoms with E-state index in [-0.39, 0.29) is 25.7 Å². The van der Waals surface area contributed by atoms with Crippen molar-refractivity contribution in [1.29, 1.82) is 0 Å². The molecule has 0 saturated heterocycles. The third-order valence-electron chi connectivity index (χ3n) is 9.76. The number of pyridine rings is 2. The molecule has 4 heterocycles. The third-order valence-corrected chi connectivity index (χ3v) is 9.76. The second kappa shape index (κ2) is 16.0. The Morgan fingerprint density at radius 3 is 2.15 bits per heavy atom. The molecule has 5 nitrogen and oxygen atoms in total. The number of imidazole rings is 1. The first-order valence-corrected chi connectivity index (χ1v) is 18.3. The maximum absolute atomic E-state index is 7.23. The summed E-state index contributed by atoms with van der Waals surface area (Å²) in [6.07, 6.45) is 1.39. The number of aryl methyl sites for hydroxylation is 2. The van der Waals surface area contributed by atoms with Crippen molar-refractivity contribution in [1.82, 2.24) is 19.5 Å². The fourth-order valence-electron chi connectivity index (χ4n) is 7.16. The number of hydrogen-bond acceptors (Lipinski definition) is 4. The molecule has 4 aromatic heterocycles. The number of rotatable bonds is 6. The largest absolute Gasteiger partial charge is 0.501 e. The van der Waals surface area contributed by atoms with Crippen molar-refractivity contribution < 1.29 is 28.6 Å². The molecule has 6 heteroatoms. The molecule has 0 N–H and O–H groups in total. The maximum Gasteiger partial charge on any atom is 0.120 e. The van der Waals surface area contributed by atoms with Gasteiger partial charge in [-0.1, -0.05) is 118 Å². The predicted molar refractivity (Wildman–Crippen MR) is 222 cm³/mol. The van der Waals surface area contributed by atoms with Gasteiger partial charge >= 0.3 is 0 Å².